The fourth-order valence-corrected chi connectivity index (χ4v) is 10.1. The molecule has 0 aromatic carbocycles. The van der Waals surface area contributed by atoms with Crippen LogP contribution in [0.1, 0.15) is 322 Å². The highest BCUT2D eigenvalue weighted by molar-refractivity contribution is 5.71. The number of unbranched alkanes of at least 4 members (excludes halogenated alkanes) is 38. The molecule has 0 radical (unpaired) electrons. The number of aliphatic carboxylic acids is 1. The van der Waals surface area contributed by atoms with Crippen molar-refractivity contribution in [2.45, 2.75) is 334 Å². The third kappa shape index (κ3) is 66.1. The summed E-state index contributed by atoms with van der Waals surface area (Å²) < 4.78 is 22.9. The van der Waals surface area contributed by atoms with Gasteiger partial charge in [0.1, 0.15) is 13.2 Å². The number of hydrogen-bond donors (Lipinski definition) is 1. The number of ether oxygens (including phenoxy) is 4. The van der Waals surface area contributed by atoms with Crippen molar-refractivity contribution < 1.29 is 42.9 Å². The summed E-state index contributed by atoms with van der Waals surface area (Å²) in [5, 5.41) is 9.73. The first-order chi connectivity index (χ1) is 40.6. The van der Waals surface area contributed by atoms with E-state index in [0.717, 1.165) is 70.6 Å². The molecule has 2 atom stereocenters. The molecule has 0 aliphatic rings. The van der Waals surface area contributed by atoms with Crippen molar-refractivity contribution in [3.05, 3.63) is 72.9 Å². The van der Waals surface area contributed by atoms with Gasteiger partial charge < -0.3 is 28.5 Å². The second-order valence-electron chi connectivity index (χ2n) is 24.8. The van der Waals surface area contributed by atoms with Crippen molar-refractivity contribution in [2.75, 3.05) is 47.5 Å². The molecule has 0 fully saturated rings. The number of carbonyl (C=O) groups excluding carboxylic acids is 2. The Hall–Kier alpha value is -3.27. The van der Waals surface area contributed by atoms with Gasteiger partial charge in [-0.15, -0.1) is 0 Å². The zero-order chi connectivity index (χ0) is 60.5. The number of nitrogens with zero attached hydrogens (tertiary/aromatic N) is 1. The highest BCUT2D eigenvalue weighted by atomic mass is 16.7. The van der Waals surface area contributed by atoms with Crippen molar-refractivity contribution in [1.82, 2.24) is 0 Å². The van der Waals surface area contributed by atoms with Crippen molar-refractivity contribution in [3.63, 3.8) is 0 Å². The zero-order valence-electron chi connectivity index (χ0n) is 55.1. The molecule has 0 aromatic heterocycles. The van der Waals surface area contributed by atoms with E-state index in [-0.39, 0.29) is 32.2 Å². The molecule has 9 nitrogen and oxygen atoms in total. The fraction of sp³-hybridized carbons (Fsp3) is 0.797. The molecule has 0 saturated carbocycles. The molecule has 0 heterocycles. The Labute approximate surface area is 513 Å². The van der Waals surface area contributed by atoms with E-state index in [1.807, 2.05) is 21.1 Å². The fourth-order valence-electron chi connectivity index (χ4n) is 10.1. The van der Waals surface area contributed by atoms with E-state index in [1.165, 1.54) is 218 Å². The summed E-state index contributed by atoms with van der Waals surface area (Å²) in [4.78, 5) is 37.5. The van der Waals surface area contributed by atoms with Crippen LogP contribution in [0.4, 0.5) is 0 Å². The van der Waals surface area contributed by atoms with Crippen molar-refractivity contribution in [3.8, 4) is 0 Å². The maximum absolute atomic E-state index is 12.9. The summed E-state index contributed by atoms with van der Waals surface area (Å²) in [7, 11) is 5.96. The van der Waals surface area contributed by atoms with Crippen molar-refractivity contribution in [2.24, 2.45) is 0 Å². The topological polar surface area (TPSA) is 108 Å². The molecule has 9 heteroatoms. The van der Waals surface area contributed by atoms with E-state index < -0.39 is 24.3 Å². The van der Waals surface area contributed by atoms with Gasteiger partial charge in [-0.05, 0) is 64.2 Å². The Balaban J connectivity index is 4.04. The number of carbonyl (C=O) groups is 3. The van der Waals surface area contributed by atoms with Gasteiger partial charge in [0.15, 0.2) is 6.10 Å². The molecule has 0 amide bonds. The van der Waals surface area contributed by atoms with Crippen LogP contribution in [0.3, 0.4) is 0 Å². The highest BCUT2D eigenvalue weighted by Gasteiger charge is 2.25. The Bertz CT molecular complexity index is 1590. The molecular weight excluding hydrogens is 1030 g/mol. The molecule has 482 valence electrons. The van der Waals surface area contributed by atoms with Crippen LogP contribution in [0.2, 0.25) is 0 Å². The first-order valence-electron chi connectivity index (χ1n) is 35.1. The average molecular weight is 1170 g/mol. The molecule has 0 rings (SSSR count). The monoisotopic (exact) mass is 1170 g/mol. The second-order valence-corrected chi connectivity index (χ2v) is 24.8. The van der Waals surface area contributed by atoms with E-state index in [2.05, 4.69) is 86.8 Å². The Morgan fingerprint density at radius 3 is 1.02 bits per heavy atom. The Morgan fingerprint density at radius 2 is 0.687 bits per heavy atom. The smallest absolute Gasteiger partial charge is 0.361 e. The minimum atomic E-state index is -1.53. The van der Waals surface area contributed by atoms with Gasteiger partial charge in [-0.1, -0.05) is 318 Å². The predicted octanol–water partition coefficient (Wildman–Crippen LogP) is 21.7. The number of quaternary nitrogens is 1. The van der Waals surface area contributed by atoms with Crippen molar-refractivity contribution in [1.29, 1.82) is 0 Å². The van der Waals surface area contributed by atoms with Crippen LogP contribution in [0, 0.1) is 0 Å². The molecule has 1 N–H and O–H groups in total. The van der Waals surface area contributed by atoms with Crippen LogP contribution in [0.25, 0.3) is 0 Å². The van der Waals surface area contributed by atoms with Gasteiger partial charge in [-0.3, -0.25) is 9.59 Å². The summed E-state index contributed by atoms with van der Waals surface area (Å²) in [5.41, 5.74) is 0. The molecule has 83 heavy (non-hydrogen) atoms. The maximum atomic E-state index is 12.9. The van der Waals surface area contributed by atoms with Crippen LogP contribution in [-0.2, 0) is 33.3 Å². The van der Waals surface area contributed by atoms with E-state index in [4.69, 9.17) is 18.9 Å². The Morgan fingerprint density at radius 1 is 0.373 bits per heavy atom. The second kappa shape index (κ2) is 64.7. The number of likely N-dealkylation sites (N-methyl/N-ethyl adjacent to an activating group) is 1. The van der Waals surface area contributed by atoms with Gasteiger partial charge in [0.25, 0.3) is 6.29 Å². The van der Waals surface area contributed by atoms with Gasteiger partial charge in [0.05, 0.1) is 34.4 Å². The molecule has 0 aliphatic heterocycles. The van der Waals surface area contributed by atoms with Gasteiger partial charge in [-0.2, -0.15) is 0 Å². The van der Waals surface area contributed by atoms with Crippen LogP contribution in [0.5, 0.6) is 0 Å². The lowest BCUT2D eigenvalue weighted by Crippen LogP contribution is -2.40. The summed E-state index contributed by atoms with van der Waals surface area (Å²) in [6, 6.07) is 0. The number of carboxylic acids is 1. The lowest BCUT2D eigenvalue weighted by Gasteiger charge is -2.25. The molecule has 0 spiro atoms. The van der Waals surface area contributed by atoms with E-state index in [9.17, 15) is 19.5 Å². The summed E-state index contributed by atoms with van der Waals surface area (Å²) >= 11 is 0. The van der Waals surface area contributed by atoms with Gasteiger partial charge in [0.2, 0.25) is 0 Å². The number of rotatable bonds is 65. The quantitative estimate of drug-likeness (QED) is 0.0211. The van der Waals surface area contributed by atoms with E-state index in [1.54, 1.807) is 0 Å². The minimum Gasteiger partial charge on any atom is -0.477 e. The van der Waals surface area contributed by atoms with E-state index in [0.29, 0.717) is 23.9 Å². The Kier molecular flexibility index (Phi) is 62.2. The number of carboxylic acid groups (broad SMARTS) is 1. The predicted molar refractivity (Wildman–Crippen MR) is 355 cm³/mol. The molecule has 0 aliphatic carbocycles. The van der Waals surface area contributed by atoms with Crippen LogP contribution in [-0.4, -0.2) is 87.4 Å². The maximum Gasteiger partial charge on any atom is 0.361 e. The molecule has 0 bridgehead atoms. The van der Waals surface area contributed by atoms with Crippen LogP contribution < -0.4 is 0 Å². The molecular formula is C74H134NO8+. The zero-order valence-corrected chi connectivity index (χ0v) is 55.1. The summed E-state index contributed by atoms with van der Waals surface area (Å²) in [5.74, 6) is -2.06. The first kappa shape index (κ1) is 79.7. The van der Waals surface area contributed by atoms with Gasteiger partial charge in [-0.25, -0.2) is 4.79 Å². The highest BCUT2D eigenvalue weighted by Crippen LogP contribution is 2.19. The number of hydrogen-bond acceptors (Lipinski definition) is 7. The third-order valence-electron chi connectivity index (χ3n) is 15.5. The molecule has 2 unspecified atom stereocenters. The average Bonchev–Trinajstić information content (AvgIpc) is 3.46. The summed E-state index contributed by atoms with van der Waals surface area (Å²) in [6.07, 6.45) is 83.4. The lowest BCUT2D eigenvalue weighted by molar-refractivity contribution is -0.870. The van der Waals surface area contributed by atoms with Gasteiger partial charge >= 0.3 is 17.9 Å². The van der Waals surface area contributed by atoms with Crippen LogP contribution in [0.15, 0.2) is 72.9 Å². The normalized spacial score (nSPS) is 13.1. The van der Waals surface area contributed by atoms with Gasteiger partial charge in [0, 0.05) is 12.8 Å². The first-order valence-corrected chi connectivity index (χ1v) is 35.1. The van der Waals surface area contributed by atoms with Crippen molar-refractivity contribution >= 4 is 17.9 Å². The van der Waals surface area contributed by atoms with E-state index >= 15 is 0 Å². The minimum absolute atomic E-state index is 0.177. The lowest BCUT2D eigenvalue weighted by atomic mass is 10.0. The summed E-state index contributed by atoms with van der Waals surface area (Å²) in [6.45, 7) is 4.75. The third-order valence-corrected chi connectivity index (χ3v) is 15.5. The molecule has 0 aromatic rings. The van der Waals surface area contributed by atoms with Crippen LogP contribution >= 0.6 is 0 Å². The number of esters is 2. The molecule has 0 saturated heterocycles. The largest absolute Gasteiger partial charge is 0.477 e. The SMILES string of the molecule is CC/C=C\C/C=C\C/C=C\C/C=C\C/C=C\C/C=C\CCCCC(=O)OC(COC(=O)CCCCCCCCCCCCCCCCCCCCCCCCCCCCCCCCCCCCCCC)COC(OCC[N+](C)(C)C)C(=O)O. The number of allylic oxidation sites excluding steroid dienone is 12. The standard InChI is InChI=1S/C74H133NO8/c1-6-8-10-12-14-16-18-20-22-24-26-28-29-30-31-32-33-34-35-36-37-38-39-40-41-42-43-45-46-48-50-52-54-56-58-60-62-64-71(76)81-68-70(69-82-74(73(78)79)80-67-66-75(3,4)5)83-72(77)65-63-61-59-57-55-53-51-49-47-44-27-25-23-21-19-17-15-13-11-9-7-2/h9,11,15,17,21,23,27,44,49,51,55,57,70,74H,6-8,10,12-14,16,18-20,22,24-26,28-43,45-48,50,52-54,56,58-69H2,1-5H3/p+1/b11-9-,17-15-,23-21-,44-27-,51-49-,57-55-.